The van der Waals surface area contributed by atoms with Crippen LogP contribution in [-0.4, -0.2) is 27.9 Å². The Morgan fingerprint density at radius 2 is 2.05 bits per heavy atom. The lowest BCUT2D eigenvalue weighted by atomic mass is 10.2. The fourth-order valence-corrected chi connectivity index (χ4v) is 2.86. The van der Waals surface area contributed by atoms with E-state index >= 15 is 0 Å². The van der Waals surface area contributed by atoms with Gasteiger partial charge in [0.25, 0.3) is 0 Å². The highest BCUT2D eigenvalue weighted by molar-refractivity contribution is 7.13. The number of aliphatic hydroxyl groups is 1. The van der Waals surface area contributed by atoms with E-state index < -0.39 is 6.10 Å². The number of anilines is 1. The Labute approximate surface area is 132 Å². The SMILES string of the molecule is C[C@@H](O)CN(Cc1nc(-c2cccs2)no1)c1ccccc1. The van der Waals surface area contributed by atoms with E-state index in [1.807, 2.05) is 52.7 Å². The summed E-state index contributed by atoms with van der Waals surface area (Å²) in [6.45, 7) is 2.73. The first-order valence-corrected chi connectivity index (χ1v) is 7.95. The van der Waals surface area contributed by atoms with E-state index in [0.29, 0.717) is 24.8 Å². The predicted molar refractivity (Wildman–Crippen MR) is 86.8 cm³/mol. The standard InChI is InChI=1S/C16H17N3O2S/c1-12(20)10-19(13-6-3-2-4-7-13)11-15-17-16(18-21-15)14-8-5-9-22-14/h2-9,12,20H,10-11H2,1H3/t12-/m1/s1. The molecule has 3 aromatic rings. The van der Waals surface area contributed by atoms with Crippen LogP contribution in [0.1, 0.15) is 12.8 Å². The molecule has 0 saturated carbocycles. The monoisotopic (exact) mass is 315 g/mol. The van der Waals surface area contributed by atoms with Crippen molar-refractivity contribution in [2.45, 2.75) is 19.6 Å². The van der Waals surface area contributed by atoms with E-state index in [1.165, 1.54) is 0 Å². The first-order valence-electron chi connectivity index (χ1n) is 7.07. The summed E-state index contributed by atoms with van der Waals surface area (Å²) in [7, 11) is 0. The summed E-state index contributed by atoms with van der Waals surface area (Å²) in [5, 5.41) is 15.7. The van der Waals surface area contributed by atoms with Crippen molar-refractivity contribution in [1.82, 2.24) is 10.1 Å². The van der Waals surface area contributed by atoms with Crippen molar-refractivity contribution < 1.29 is 9.63 Å². The first kappa shape index (κ1) is 14.7. The zero-order chi connectivity index (χ0) is 15.4. The minimum absolute atomic E-state index is 0.445. The molecule has 0 bridgehead atoms. The summed E-state index contributed by atoms with van der Waals surface area (Å²) in [6.07, 6.45) is -0.445. The highest BCUT2D eigenvalue weighted by atomic mass is 32.1. The van der Waals surface area contributed by atoms with Gasteiger partial charge in [0.2, 0.25) is 11.7 Å². The third-order valence-electron chi connectivity index (χ3n) is 3.14. The molecule has 0 spiro atoms. The molecule has 0 amide bonds. The Morgan fingerprint density at radius 3 is 2.73 bits per heavy atom. The summed E-state index contributed by atoms with van der Waals surface area (Å²) in [5.74, 6) is 1.14. The Hall–Kier alpha value is -2.18. The third kappa shape index (κ3) is 3.52. The number of thiophene rings is 1. The van der Waals surface area contributed by atoms with Crippen LogP contribution >= 0.6 is 11.3 Å². The van der Waals surface area contributed by atoms with Crippen LogP contribution in [0.25, 0.3) is 10.7 Å². The average Bonchev–Trinajstić information content (AvgIpc) is 3.18. The largest absolute Gasteiger partial charge is 0.392 e. The molecule has 0 aliphatic heterocycles. The number of hydrogen-bond acceptors (Lipinski definition) is 6. The summed E-state index contributed by atoms with van der Waals surface area (Å²) in [4.78, 5) is 7.44. The molecule has 0 unspecified atom stereocenters. The number of rotatable bonds is 6. The molecule has 0 aliphatic rings. The molecular weight excluding hydrogens is 298 g/mol. The van der Waals surface area contributed by atoms with Gasteiger partial charge in [0, 0.05) is 12.2 Å². The zero-order valence-electron chi connectivity index (χ0n) is 12.2. The van der Waals surface area contributed by atoms with Crippen molar-refractivity contribution in [3.05, 3.63) is 53.7 Å². The molecule has 2 heterocycles. The van der Waals surface area contributed by atoms with Crippen molar-refractivity contribution >= 4 is 17.0 Å². The smallest absolute Gasteiger partial charge is 0.246 e. The van der Waals surface area contributed by atoms with Crippen LogP contribution in [0.4, 0.5) is 5.69 Å². The van der Waals surface area contributed by atoms with Crippen molar-refractivity contribution in [2.75, 3.05) is 11.4 Å². The fourth-order valence-electron chi connectivity index (χ4n) is 2.21. The lowest BCUT2D eigenvalue weighted by molar-refractivity contribution is 0.198. The number of hydrogen-bond donors (Lipinski definition) is 1. The van der Waals surface area contributed by atoms with E-state index in [2.05, 4.69) is 10.1 Å². The second-order valence-corrected chi connectivity index (χ2v) is 6.00. The van der Waals surface area contributed by atoms with Crippen LogP contribution in [0, 0.1) is 0 Å². The average molecular weight is 315 g/mol. The Kier molecular flexibility index (Phi) is 4.50. The van der Waals surface area contributed by atoms with E-state index in [4.69, 9.17) is 4.52 Å². The molecular formula is C16H17N3O2S. The van der Waals surface area contributed by atoms with Gasteiger partial charge in [-0.05, 0) is 30.5 Å². The van der Waals surface area contributed by atoms with Crippen molar-refractivity contribution in [1.29, 1.82) is 0 Å². The number of nitrogens with zero attached hydrogens (tertiary/aromatic N) is 3. The Morgan fingerprint density at radius 1 is 1.23 bits per heavy atom. The quantitative estimate of drug-likeness (QED) is 0.757. The second-order valence-electron chi connectivity index (χ2n) is 5.05. The molecule has 0 radical (unpaired) electrons. The highest BCUT2D eigenvalue weighted by Crippen LogP contribution is 2.22. The summed E-state index contributed by atoms with van der Waals surface area (Å²) < 4.78 is 5.34. The maximum Gasteiger partial charge on any atom is 0.246 e. The van der Waals surface area contributed by atoms with Gasteiger partial charge < -0.3 is 14.5 Å². The van der Waals surface area contributed by atoms with E-state index in [9.17, 15) is 5.11 Å². The highest BCUT2D eigenvalue weighted by Gasteiger charge is 2.15. The van der Waals surface area contributed by atoms with Crippen LogP contribution < -0.4 is 4.90 Å². The van der Waals surface area contributed by atoms with Crippen LogP contribution in [0.2, 0.25) is 0 Å². The Bertz CT molecular complexity index is 695. The topological polar surface area (TPSA) is 62.4 Å². The number of benzene rings is 1. The van der Waals surface area contributed by atoms with Crippen molar-refractivity contribution in [2.24, 2.45) is 0 Å². The molecule has 2 aromatic heterocycles. The minimum atomic E-state index is -0.445. The van der Waals surface area contributed by atoms with Gasteiger partial charge in [0.1, 0.15) is 0 Å². The molecule has 0 fully saturated rings. The maximum absolute atomic E-state index is 9.71. The van der Waals surface area contributed by atoms with E-state index in [-0.39, 0.29) is 0 Å². The van der Waals surface area contributed by atoms with Gasteiger partial charge in [-0.25, -0.2) is 0 Å². The number of para-hydroxylation sites is 1. The van der Waals surface area contributed by atoms with Gasteiger partial charge in [0.05, 0.1) is 17.5 Å². The molecule has 0 aliphatic carbocycles. The third-order valence-corrected chi connectivity index (χ3v) is 4.01. The van der Waals surface area contributed by atoms with Crippen molar-refractivity contribution in [3.8, 4) is 10.7 Å². The molecule has 1 aromatic carbocycles. The summed E-state index contributed by atoms with van der Waals surface area (Å²) >= 11 is 1.58. The molecule has 1 N–H and O–H groups in total. The lowest BCUT2D eigenvalue weighted by Gasteiger charge is -2.24. The molecule has 22 heavy (non-hydrogen) atoms. The van der Waals surface area contributed by atoms with Crippen LogP contribution in [-0.2, 0) is 6.54 Å². The summed E-state index contributed by atoms with van der Waals surface area (Å²) in [6, 6.07) is 13.8. The van der Waals surface area contributed by atoms with Gasteiger partial charge in [-0.1, -0.05) is 29.4 Å². The number of aromatic nitrogens is 2. The predicted octanol–water partition coefficient (Wildman–Crippen LogP) is 3.19. The Balaban J connectivity index is 1.79. The minimum Gasteiger partial charge on any atom is -0.392 e. The zero-order valence-corrected chi connectivity index (χ0v) is 13.0. The molecule has 114 valence electrons. The van der Waals surface area contributed by atoms with Crippen molar-refractivity contribution in [3.63, 3.8) is 0 Å². The molecule has 0 saturated heterocycles. The van der Waals surface area contributed by atoms with Crippen LogP contribution in [0.3, 0.4) is 0 Å². The first-order chi connectivity index (χ1) is 10.7. The maximum atomic E-state index is 9.71. The van der Waals surface area contributed by atoms with Gasteiger partial charge in [-0.3, -0.25) is 0 Å². The van der Waals surface area contributed by atoms with Gasteiger partial charge >= 0.3 is 0 Å². The van der Waals surface area contributed by atoms with Crippen LogP contribution in [0.15, 0.2) is 52.4 Å². The lowest BCUT2D eigenvalue weighted by Crippen LogP contribution is -2.30. The molecule has 5 nitrogen and oxygen atoms in total. The van der Waals surface area contributed by atoms with E-state index in [0.717, 1.165) is 10.6 Å². The van der Waals surface area contributed by atoms with Crippen LogP contribution in [0.5, 0.6) is 0 Å². The second kappa shape index (κ2) is 6.72. The molecule has 6 heteroatoms. The van der Waals surface area contributed by atoms with Gasteiger partial charge in [0.15, 0.2) is 0 Å². The molecule has 3 rings (SSSR count). The fraction of sp³-hybridized carbons (Fsp3) is 0.250. The normalized spacial score (nSPS) is 12.3. The van der Waals surface area contributed by atoms with Gasteiger partial charge in [-0.15, -0.1) is 11.3 Å². The van der Waals surface area contributed by atoms with Gasteiger partial charge in [-0.2, -0.15) is 4.98 Å². The number of aliphatic hydroxyl groups excluding tert-OH is 1. The van der Waals surface area contributed by atoms with E-state index in [1.54, 1.807) is 18.3 Å². The molecule has 1 atom stereocenters. The summed E-state index contributed by atoms with van der Waals surface area (Å²) in [5.41, 5.74) is 1.01.